The van der Waals surface area contributed by atoms with Crippen LogP contribution in [0.4, 0.5) is 13.2 Å². The lowest BCUT2D eigenvalue weighted by molar-refractivity contribution is -0.137. The van der Waals surface area contributed by atoms with Gasteiger partial charge in [-0.1, -0.05) is 12.1 Å². The molecular formula is C22H25F3N2O3. The fourth-order valence-electron chi connectivity index (χ4n) is 3.51. The molecule has 1 heterocycles. The van der Waals surface area contributed by atoms with Crippen LogP contribution in [-0.2, 0) is 6.18 Å². The summed E-state index contributed by atoms with van der Waals surface area (Å²) >= 11 is 0. The van der Waals surface area contributed by atoms with Gasteiger partial charge in [-0.05, 0) is 67.4 Å². The van der Waals surface area contributed by atoms with Crippen molar-refractivity contribution in [3.8, 4) is 16.9 Å². The molecule has 162 valence electrons. The average Bonchev–Trinajstić information content (AvgIpc) is 3.24. The molecule has 2 aromatic rings. The number of benzene rings is 2. The van der Waals surface area contributed by atoms with E-state index in [0.717, 1.165) is 38.1 Å². The van der Waals surface area contributed by atoms with Crippen molar-refractivity contribution < 1.29 is 27.8 Å². The molecule has 0 bridgehead atoms. The Hall–Kier alpha value is -2.58. The highest BCUT2D eigenvalue weighted by Crippen LogP contribution is 2.36. The highest BCUT2D eigenvalue weighted by Gasteiger charge is 2.31. The molecule has 30 heavy (non-hydrogen) atoms. The molecule has 0 saturated carbocycles. The number of rotatable bonds is 7. The van der Waals surface area contributed by atoms with E-state index in [1.54, 1.807) is 18.2 Å². The van der Waals surface area contributed by atoms with Gasteiger partial charge in [-0.2, -0.15) is 13.2 Å². The van der Waals surface area contributed by atoms with E-state index in [1.165, 1.54) is 19.2 Å². The third kappa shape index (κ3) is 5.73. The number of hydrogen-bond donors (Lipinski definition) is 2. The standard InChI is InChI=1S/C22H25F3N2O3/c1-26-21(29)16-6-4-5-15(9-16)17-10-18(22(23,24)25)12-20(11-17)30-14-19(28)13-27-7-2-3-8-27/h4-6,9-12,19,28H,2-3,7-8,13-14H2,1H3,(H,26,29). The number of aliphatic hydroxyl groups is 1. The van der Waals surface area contributed by atoms with Crippen molar-refractivity contribution in [2.24, 2.45) is 0 Å². The molecule has 1 fully saturated rings. The number of β-amino-alcohol motifs (C(OH)–C–C–N with tert-alkyl or cyclic N) is 1. The van der Waals surface area contributed by atoms with Crippen molar-refractivity contribution >= 4 is 5.91 Å². The monoisotopic (exact) mass is 422 g/mol. The Morgan fingerprint density at radius 3 is 2.57 bits per heavy atom. The second-order valence-corrected chi connectivity index (χ2v) is 7.38. The van der Waals surface area contributed by atoms with Crippen molar-refractivity contribution in [3.05, 3.63) is 53.6 Å². The van der Waals surface area contributed by atoms with Gasteiger partial charge < -0.3 is 20.1 Å². The summed E-state index contributed by atoms with van der Waals surface area (Å²) in [6, 6.07) is 9.79. The Labute approximate surface area is 173 Å². The summed E-state index contributed by atoms with van der Waals surface area (Å²) in [7, 11) is 1.48. The van der Waals surface area contributed by atoms with Gasteiger partial charge in [-0.15, -0.1) is 0 Å². The summed E-state index contributed by atoms with van der Waals surface area (Å²) in [4.78, 5) is 14.0. The molecule has 1 aliphatic heterocycles. The van der Waals surface area contributed by atoms with Crippen LogP contribution in [0.5, 0.6) is 5.75 Å². The number of likely N-dealkylation sites (tertiary alicyclic amines) is 1. The number of nitrogens with zero attached hydrogens (tertiary/aromatic N) is 1. The van der Waals surface area contributed by atoms with Crippen molar-refractivity contribution in [1.82, 2.24) is 10.2 Å². The van der Waals surface area contributed by atoms with Crippen molar-refractivity contribution in [3.63, 3.8) is 0 Å². The number of carbonyl (C=O) groups is 1. The van der Waals surface area contributed by atoms with E-state index in [2.05, 4.69) is 10.2 Å². The van der Waals surface area contributed by atoms with E-state index in [9.17, 15) is 23.1 Å². The summed E-state index contributed by atoms with van der Waals surface area (Å²) in [5, 5.41) is 12.7. The first-order valence-corrected chi connectivity index (χ1v) is 9.84. The molecule has 1 saturated heterocycles. The summed E-state index contributed by atoms with van der Waals surface area (Å²) < 4.78 is 45.8. The number of carbonyl (C=O) groups excluding carboxylic acids is 1. The Morgan fingerprint density at radius 1 is 1.17 bits per heavy atom. The van der Waals surface area contributed by atoms with E-state index in [0.29, 0.717) is 17.7 Å². The number of aliphatic hydroxyl groups excluding tert-OH is 1. The zero-order valence-electron chi connectivity index (χ0n) is 16.7. The smallest absolute Gasteiger partial charge is 0.416 e. The maximum absolute atomic E-state index is 13.4. The highest BCUT2D eigenvalue weighted by molar-refractivity contribution is 5.95. The van der Waals surface area contributed by atoms with Crippen LogP contribution in [0.1, 0.15) is 28.8 Å². The van der Waals surface area contributed by atoms with E-state index < -0.39 is 17.8 Å². The van der Waals surface area contributed by atoms with Gasteiger partial charge in [0.25, 0.3) is 5.91 Å². The molecule has 3 rings (SSSR count). The van der Waals surface area contributed by atoms with E-state index >= 15 is 0 Å². The van der Waals surface area contributed by atoms with Gasteiger partial charge in [-0.25, -0.2) is 0 Å². The minimum atomic E-state index is -4.55. The molecule has 1 aliphatic rings. The molecule has 2 aromatic carbocycles. The van der Waals surface area contributed by atoms with Crippen LogP contribution in [0.3, 0.4) is 0 Å². The molecule has 5 nitrogen and oxygen atoms in total. The molecule has 0 aliphatic carbocycles. The van der Waals surface area contributed by atoms with Crippen LogP contribution in [0, 0.1) is 0 Å². The normalized spacial score (nSPS) is 15.8. The molecular weight excluding hydrogens is 397 g/mol. The number of halogens is 3. The lowest BCUT2D eigenvalue weighted by Gasteiger charge is -2.20. The number of amides is 1. The molecule has 2 N–H and O–H groups in total. The summed E-state index contributed by atoms with van der Waals surface area (Å²) in [5.74, 6) is -0.309. The molecule has 1 amide bonds. The van der Waals surface area contributed by atoms with Crippen LogP contribution in [-0.4, -0.2) is 55.3 Å². The fourth-order valence-corrected chi connectivity index (χ4v) is 3.51. The fraction of sp³-hybridized carbons (Fsp3) is 0.409. The van der Waals surface area contributed by atoms with Gasteiger partial charge in [0.05, 0.1) is 5.56 Å². The zero-order chi connectivity index (χ0) is 21.7. The molecule has 8 heteroatoms. The molecule has 1 unspecified atom stereocenters. The van der Waals surface area contributed by atoms with Crippen LogP contribution >= 0.6 is 0 Å². The Kier molecular flexibility index (Phi) is 6.99. The van der Waals surface area contributed by atoms with Gasteiger partial charge in [0.1, 0.15) is 18.5 Å². The van der Waals surface area contributed by atoms with Gasteiger partial charge in [0.2, 0.25) is 0 Å². The number of nitrogens with one attached hydrogen (secondary N) is 1. The molecule has 0 radical (unpaired) electrons. The highest BCUT2D eigenvalue weighted by atomic mass is 19.4. The number of hydrogen-bond acceptors (Lipinski definition) is 4. The Bertz CT molecular complexity index is 880. The lowest BCUT2D eigenvalue weighted by atomic mass is 10.00. The van der Waals surface area contributed by atoms with Crippen molar-refractivity contribution in [2.45, 2.75) is 25.1 Å². The minimum Gasteiger partial charge on any atom is -0.491 e. The van der Waals surface area contributed by atoms with Crippen LogP contribution < -0.4 is 10.1 Å². The van der Waals surface area contributed by atoms with Gasteiger partial charge in [0.15, 0.2) is 0 Å². The summed E-state index contributed by atoms with van der Waals surface area (Å²) in [6.45, 7) is 2.15. The van der Waals surface area contributed by atoms with Crippen LogP contribution in [0.2, 0.25) is 0 Å². The van der Waals surface area contributed by atoms with Crippen molar-refractivity contribution in [2.75, 3.05) is 33.3 Å². The van der Waals surface area contributed by atoms with Gasteiger partial charge in [0, 0.05) is 19.2 Å². The predicted octanol–water partition coefficient (Wildman–Crippen LogP) is 3.57. The van der Waals surface area contributed by atoms with E-state index in [4.69, 9.17) is 4.74 Å². The first kappa shape index (κ1) is 22.1. The average molecular weight is 422 g/mol. The lowest BCUT2D eigenvalue weighted by Crippen LogP contribution is -2.33. The summed E-state index contributed by atoms with van der Waals surface area (Å²) in [5.41, 5.74) is 0.231. The summed E-state index contributed by atoms with van der Waals surface area (Å²) in [6.07, 6.45) is -3.18. The van der Waals surface area contributed by atoms with Gasteiger partial charge in [-0.3, -0.25) is 4.79 Å². The number of alkyl halides is 3. The maximum atomic E-state index is 13.4. The second-order valence-electron chi connectivity index (χ2n) is 7.38. The first-order valence-electron chi connectivity index (χ1n) is 9.84. The first-order chi connectivity index (χ1) is 14.3. The Morgan fingerprint density at radius 2 is 1.90 bits per heavy atom. The molecule has 1 atom stereocenters. The quantitative estimate of drug-likeness (QED) is 0.716. The Balaban J connectivity index is 1.82. The maximum Gasteiger partial charge on any atom is 0.416 e. The largest absolute Gasteiger partial charge is 0.491 e. The van der Waals surface area contributed by atoms with Crippen LogP contribution in [0.15, 0.2) is 42.5 Å². The van der Waals surface area contributed by atoms with Crippen molar-refractivity contribution in [1.29, 1.82) is 0 Å². The SMILES string of the molecule is CNC(=O)c1cccc(-c2cc(OCC(O)CN3CCCC3)cc(C(F)(F)F)c2)c1. The second kappa shape index (κ2) is 9.49. The topological polar surface area (TPSA) is 61.8 Å². The molecule has 0 spiro atoms. The molecule has 0 aromatic heterocycles. The van der Waals surface area contributed by atoms with Crippen LogP contribution in [0.25, 0.3) is 11.1 Å². The third-order valence-electron chi connectivity index (χ3n) is 5.03. The van der Waals surface area contributed by atoms with Gasteiger partial charge >= 0.3 is 6.18 Å². The van der Waals surface area contributed by atoms with E-state index in [-0.39, 0.29) is 23.8 Å². The zero-order valence-corrected chi connectivity index (χ0v) is 16.7. The third-order valence-corrected chi connectivity index (χ3v) is 5.03. The number of ether oxygens (including phenoxy) is 1. The predicted molar refractivity (Wildman–Crippen MR) is 107 cm³/mol. The minimum absolute atomic E-state index is 0.0191. The van der Waals surface area contributed by atoms with E-state index in [1.807, 2.05) is 0 Å².